The molecule has 0 N–H and O–H groups in total. The summed E-state index contributed by atoms with van der Waals surface area (Å²) < 4.78 is 4.79. The Morgan fingerprint density at radius 2 is 2.18 bits per heavy atom. The normalized spacial score (nSPS) is 17.4. The van der Waals surface area contributed by atoms with Crippen molar-refractivity contribution in [1.82, 2.24) is 4.90 Å². The number of carbonyl (C=O) groups is 1. The predicted octanol–water partition coefficient (Wildman–Crippen LogP) is 1.91. The van der Waals surface area contributed by atoms with E-state index in [1.54, 1.807) is 0 Å². The molecule has 2 rings (SSSR count). The summed E-state index contributed by atoms with van der Waals surface area (Å²) in [4.78, 5) is 13.7. The van der Waals surface area contributed by atoms with Crippen LogP contribution in [0.4, 0.5) is 0 Å². The summed E-state index contributed by atoms with van der Waals surface area (Å²) in [6.45, 7) is 5.79. The molecule has 17 heavy (non-hydrogen) atoms. The van der Waals surface area contributed by atoms with E-state index in [9.17, 15) is 4.79 Å². The number of aryl methyl sites for hydroxylation is 1. The van der Waals surface area contributed by atoms with Crippen LogP contribution in [0, 0.1) is 6.92 Å². The standard InChI is InChI=1S/C14H19NO2/c1-10-4-5-13-9-15(7-6-12(13)8-10)11(2)14(16)17-3/h4-5,8,11H,6-7,9H2,1-3H3. The van der Waals surface area contributed by atoms with Gasteiger partial charge in [0.2, 0.25) is 0 Å². The molecule has 0 fully saturated rings. The monoisotopic (exact) mass is 233 g/mol. The van der Waals surface area contributed by atoms with Gasteiger partial charge in [-0.05, 0) is 31.4 Å². The van der Waals surface area contributed by atoms with E-state index in [2.05, 4.69) is 30.0 Å². The van der Waals surface area contributed by atoms with Crippen LogP contribution in [0.5, 0.6) is 0 Å². The summed E-state index contributed by atoms with van der Waals surface area (Å²) in [5, 5.41) is 0. The Hall–Kier alpha value is -1.35. The van der Waals surface area contributed by atoms with Crippen LogP contribution >= 0.6 is 0 Å². The zero-order valence-electron chi connectivity index (χ0n) is 10.7. The highest BCUT2D eigenvalue weighted by molar-refractivity contribution is 5.75. The van der Waals surface area contributed by atoms with E-state index in [0.717, 1.165) is 19.5 Å². The highest BCUT2D eigenvalue weighted by atomic mass is 16.5. The molecule has 3 nitrogen and oxygen atoms in total. The van der Waals surface area contributed by atoms with E-state index >= 15 is 0 Å². The van der Waals surface area contributed by atoms with Crippen molar-refractivity contribution in [3.8, 4) is 0 Å². The van der Waals surface area contributed by atoms with Crippen molar-refractivity contribution in [2.45, 2.75) is 32.9 Å². The Balaban J connectivity index is 2.13. The molecule has 1 atom stereocenters. The van der Waals surface area contributed by atoms with Crippen molar-refractivity contribution in [2.75, 3.05) is 13.7 Å². The first kappa shape index (κ1) is 12.1. The maximum atomic E-state index is 11.5. The topological polar surface area (TPSA) is 29.5 Å². The quantitative estimate of drug-likeness (QED) is 0.731. The van der Waals surface area contributed by atoms with Gasteiger partial charge < -0.3 is 4.74 Å². The zero-order chi connectivity index (χ0) is 12.4. The first-order chi connectivity index (χ1) is 8.11. The van der Waals surface area contributed by atoms with E-state index < -0.39 is 0 Å². The van der Waals surface area contributed by atoms with E-state index in [4.69, 9.17) is 4.74 Å². The lowest BCUT2D eigenvalue weighted by atomic mass is 9.97. The zero-order valence-corrected chi connectivity index (χ0v) is 10.7. The third-order valence-electron chi connectivity index (χ3n) is 3.49. The van der Waals surface area contributed by atoms with Gasteiger partial charge in [0.1, 0.15) is 6.04 Å². The lowest BCUT2D eigenvalue weighted by Gasteiger charge is -2.32. The lowest BCUT2D eigenvalue weighted by molar-refractivity contribution is -0.146. The van der Waals surface area contributed by atoms with Gasteiger partial charge >= 0.3 is 5.97 Å². The van der Waals surface area contributed by atoms with Crippen molar-refractivity contribution >= 4 is 5.97 Å². The van der Waals surface area contributed by atoms with E-state index in [-0.39, 0.29) is 12.0 Å². The van der Waals surface area contributed by atoms with Gasteiger partial charge in [0.15, 0.2) is 0 Å². The number of ether oxygens (including phenoxy) is 1. The van der Waals surface area contributed by atoms with Gasteiger partial charge in [-0.25, -0.2) is 0 Å². The second-order valence-corrected chi connectivity index (χ2v) is 4.69. The summed E-state index contributed by atoms with van der Waals surface area (Å²) in [7, 11) is 1.44. The van der Waals surface area contributed by atoms with Gasteiger partial charge in [0, 0.05) is 13.1 Å². The summed E-state index contributed by atoms with van der Waals surface area (Å²) >= 11 is 0. The minimum Gasteiger partial charge on any atom is -0.468 e. The van der Waals surface area contributed by atoms with Crippen LogP contribution in [-0.4, -0.2) is 30.6 Å². The summed E-state index contributed by atoms with van der Waals surface area (Å²) in [5.74, 6) is -0.152. The molecular weight excluding hydrogens is 214 g/mol. The summed E-state index contributed by atoms with van der Waals surface area (Å²) in [6, 6.07) is 6.39. The maximum Gasteiger partial charge on any atom is 0.322 e. The minimum absolute atomic E-state index is 0.152. The number of hydrogen-bond acceptors (Lipinski definition) is 3. The molecule has 92 valence electrons. The molecule has 0 aliphatic carbocycles. The minimum atomic E-state index is -0.158. The van der Waals surface area contributed by atoms with Gasteiger partial charge in [-0.3, -0.25) is 9.69 Å². The third-order valence-corrected chi connectivity index (χ3v) is 3.49. The van der Waals surface area contributed by atoms with Gasteiger partial charge in [-0.15, -0.1) is 0 Å². The van der Waals surface area contributed by atoms with Crippen LogP contribution in [0.15, 0.2) is 18.2 Å². The smallest absolute Gasteiger partial charge is 0.322 e. The van der Waals surface area contributed by atoms with Gasteiger partial charge in [0.25, 0.3) is 0 Å². The molecule has 0 amide bonds. The predicted molar refractivity (Wildman–Crippen MR) is 66.8 cm³/mol. The molecular formula is C14H19NO2. The number of nitrogens with zero attached hydrogens (tertiary/aromatic N) is 1. The molecule has 0 bridgehead atoms. The Labute approximate surface area is 102 Å². The number of hydrogen-bond donors (Lipinski definition) is 0. The Morgan fingerprint density at radius 1 is 1.41 bits per heavy atom. The Kier molecular flexibility index (Phi) is 3.48. The molecule has 1 aliphatic rings. The highest BCUT2D eigenvalue weighted by Crippen LogP contribution is 2.21. The molecule has 0 spiro atoms. The molecule has 1 aromatic carbocycles. The van der Waals surface area contributed by atoms with Crippen molar-refractivity contribution in [2.24, 2.45) is 0 Å². The van der Waals surface area contributed by atoms with Crippen molar-refractivity contribution in [1.29, 1.82) is 0 Å². The average molecular weight is 233 g/mol. The van der Waals surface area contributed by atoms with Crippen LogP contribution < -0.4 is 0 Å². The van der Waals surface area contributed by atoms with Crippen LogP contribution in [0.2, 0.25) is 0 Å². The first-order valence-corrected chi connectivity index (χ1v) is 6.02. The lowest BCUT2D eigenvalue weighted by Crippen LogP contribution is -2.42. The number of esters is 1. The third kappa shape index (κ3) is 2.50. The van der Waals surface area contributed by atoms with E-state index in [1.807, 2.05) is 6.92 Å². The Morgan fingerprint density at radius 3 is 2.88 bits per heavy atom. The van der Waals surface area contributed by atoms with Crippen molar-refractivity contribution < 1.29 is 9.53 Å². The maximum absolute atomic E-state index is 11.5. The summed E-state index contributed by atoms with van der Waals surface area (Å²) in [5.41, 5.74) is 4.05. The first-order valence-electron chi connectivity index (χ1n) is 6.02. The molecule has 0 saturated heterocycles. The average Bonchev–Trinajstić information content (AvgIpc) is 2.36. The number of fused-ring (bicyclic) bond motifs is 1. The number of methoxy groups -OCH3 is 1. The number of benzene rings is 1. The molecule has 1 heterocycles. The molecule has 1 unspecified atom stereocenters. The van der Waals surface area contributed by atoms with E-state index in [1.165, 1.54) is 23.8 Å². The van der Waals surface area contributed by atoms with Gasteiger partial charge in [-0.1, -0.05) is 23.8 Å². The Bertz CT molecular complexity index is 428. The molecule has 1 aliphatic heterocycles. The fourth-order valence-electron chi connectivity index (χ4n) is 2.35. The number of rotatable bonds is 2. The summed E-state index contributed by atoms with van der Waals surface area (Å²) in [6.07, 6.45) is 1.01. The highest BCUT2D eigenvalue weighted by Gasteiger charge is 2.25. The molecule has 0 radical (unpaired) electrons. The van der Waals surface area contributed by atoms with Crippen LogP contribution in [0.1, 0.15) is 23.6 Å². The number of carbonyl (C=O) groups excluding carboxylic acids is 1. The van der Waals surface area contributed by atoms with Gasteiger partial charge in [0.05, 0.1) is 7.11 Å². The van der Waals surface area contributed by atoms with Crippen LogP contribution in [0.3, 0.4) is 0 Å². The van der Waals surface area contributed by atoms with Gasteiger partial charge in [-0.2, -0.15) is 0 Å². The molecule has 3 heteroatoms. The molecule has 0 aromatic heterocycles. The molecule has 1 aromatic rings. The second-order valence-electron chi connectivity index (χ2n) is 4.69. The fourth-order valence-corrected chi connectivity index (χ4v) is 2.35. The molecule has 0 saturated carbocycles. The van der Waals surface area contributed by atoms with Crippen molar-refractivity contribution in [3.63, 3.8) is 0 Å². The van der Waals surface area contributed by atoms with E-state index in [0.29, 0.717) is 0 Å². The fraction of sp³-hybridized carbons (Fsp3) is 0.500. The largest absolute Gasteiger partial charge is 0.468 e. The van der Waals surface area contributed by atoms with Crippen LogP contribution in [-0.2, 0) is 22.5 Å². The van der Waals surface area contributed by atoms with Crippen LogP contribution in [0.25, 0.3) is 0 Å². The van der Waals surface area contributed by atoms with Crippen molar-refractivity contribution in [3.05, 3.63) is 34.9 Å². The second kappa shape index (κ2) is 4.88. The SMILES string of the molecule is COC(=O)C(C)N1CCc2cc(C)ccc2C1.